The Morgan fingerprint density at radius 3 is 2.53 bits per heavy atom. The van der Waals surface area contributed by atoms with E-state index in [9.17, 15) is 14.9 Å². The number of urea groups is 1. The number of amides is 3. The molecule has 1 saturated carbocycles. The average molecular weight is 502 g/mol. The van der Waals surface area contributed by atoms with Crippen molar-refractivity contribution < 1.29 is 9.59 Å². The monoisotopic (exact) mass is 501 g/mol. The highest BCUT2D eigenvalue weighted by Crippen LogP contribution is 2.42. The Hall–Kier alpha value is -4.83. The van der Waals surface area contributed by atoms with Crippen LogP contribution in [0.15, 0.2) is 91.1 Å². The summed E-state index contributed by atoms with van der Waals surface area (Å²) < 4.78 is 2.14. The lowest BCUT2D eigenvalue weighted by molar-refractivity contribution is -0.119. The maximum atomic E-state index is 14.2. The second-order valence-electron chi connectivity index (χ2n) is 9.85. The van der Waals surface area contributed by atoms with Crippen LogP contribution in [0.5, 0.6) is 0 Å². The van der Waals surface area contributed by atoms with E-state index in [-0.39, 0.29) is 30.6 Å². The minimum Gasteiger partial charge on any atom is -0.316 e. The number of nitrogens with zero attached hydrogens (tertiary/aromatic N) is 4. The molecule has 0 unspecified atom stereocenters. The van der Waals surface area contributed by atoms with Crippen LogP contribution in [0.3, 0.4) is 0 Å². The van der Waals surface area contributed by atoms with Gasteiger partial charge in [-0.25, -0.2) is 4.79 Å². The first-order valence-electron chi connectivity index (χ1n) is 12.8. The van der Waals surface area contributed by atoms with Crippen LogP contribution in [0.1, 0.15) is 41.3 Å². The number of carbonyl (C=O) groups is 2. The van der Waals surface area contributed by atoms with E-state index in [1.807, 2.05) is 60.5 Å². The van der Waals surface area contributed by atoms with E-state index in [1.165, 1.54) is 0 Å². The van der Waals surface area contributed by atoms with Crippen LogP contribution in [-0.2, 0) is 4.79 Å². The maximum Gasteiger partial charge on any atom is 0.322 e. The fraction of sp³-hybridized carbons (Fsp3) is 0.194. The van der Waals surface area contributed by atoms with Crippen molar-refractivity contribution in [3.05, 3.63) is 114 Å². The van der Waals surface area contributed by atoms with Crippen molar-refractivity contribution in [2.45, 2.75) is 31.8 Å². The van der Waals surface area contributed by atoms with Gasteiger partial charge in [-0.05, 0) is 67.8 Å². The summed E-state index contributed by atoms with van der Waals surface area (Å²) >= 11 is 0. The summed E-state index contributed by atoms with van der Waals surface area (Å²) in [5.74, 6) is -0.149. The number of carbonyl (C=O) groups excluding carboxylic acids is 2. The molecule has 1 aliphatic heterocycles. The molecule has 3 aromatic carbocycles. The summed E-state index contributed by atoms with van der Waals surface area (Å²) in [6.07, 6.45) is 3.75. The number of anilines is 2. The molecule has 0 saturated heterocycles. The SMILES string of the molecule is Cc1cccc([C@H]2c3cccn3-c3ccccc3N2C(=O)CN(C(=O)Nc2cccc(C#N)c2)C2CC2)c1. The van der Waals surface area contributed by atoms with Gasteiger partial charge in [0.2, 0.25) is 5.91 Å². The quantitative estimate of drug-likeness (QED) is 0.376. The van der Waals surface area contributed by atoms with Crippen molar-refractivity contribution in [1.82, 2.24) is 9.47 Å². The fourth-order valence-corrected chi connectivity index (χ4v) is 5.25. The van der Waals surface area contributed by atoms with E-state index < -0.39 is 0 Å². The van der Waals surface area contributed by atoms with Crippen LogP contribution in [-0.4, -0.2) is 34.0 Å². The Morgan fingerprint density at radius 2 is 1.76 bits per heavy atom. The molecule has 2 aliphatic rings. The molecule has 2 heterocycles. The van der Waals surface area contributed by atoms with E-state index in [0.717, 1.165) is 41.0 Å². The Morgan fingerprint density at radius 1 is 0.974 bits per heavy atom. The summed E-state index contributed by atoms with van der Waals surface area (Å²) in [5, 5.41) is 12.1. The van der Waals surface area contributed by atoms with E-state index in [2.05, 4.69) is 34.2 Å². The van der Waals surface area contributed by atoms with Crippen LogP contribution in [0.25, 0.3) is 5.69 Å². The third-order valence-electron chi connectivity index (χ3n) is 7.14. The number of benzene rings is 3. The van der Waals surface area contributed by atoms with Crippen LogP contribution in [0.4, 0.5) is 16.2 Å². The number of hydrogen-bond donors (Lipinski definition) is 1. The summed E-state index contributed by atoms with van der Waals surface area (Å²) in [6.45, 7) is 2.00. The second-order valence-corrected chi connectivity index (χ2v) is 9.85. The smallest absolute Gasteiger partial charge is 0.316 e. The Bertz CT molecular complexity index is 1580. The van der Waals surface area contributed by atoms with E-state index in [0.29, 0.717) is 11.3 Å². The van der Waals surface area contributed by atoms with E-state index in [4.69, 9.17) is 0 Å². The van der Waals surface area contributed by atoms with Crippen molar-refractivity contribution in [2.24, 2.45) is 0 Å². The van der Waals surface area contributed by atoms with E-state index >= 15 is 0 Å². The van der Waals surface area contributed by atoms with Gasteiger partial charge >= 0.3 is 6.03 Å². The summed E-state index contributed by atoms with van der Waals surface area (Å²) in [5.41, 5.74) is 5.87. The van der Waals surface area contributed by atoms with Gasteiger partial charge in [0.1, 0.15) is 12.6 Å². The summed E-state index contributed by atoms with van der Waals surface area (Å²) in [7, 11) is 0. The lowest BCUT2D eigenvalue weighted by atomic mass is 9.96. The first-order valence-corrected chi connectivity index (χ1v) is 12.8. The molecule has 38 heavy (non-hydrogen) atoms. The largest absolute Gasteiger partial charge is 0.322 e. The van der Waals surface area contributed by atoms with Gasteiger partial charge in [-0.3, -0.25) is 9.69 Å². The van der Waals surface area contributed by atoms with Gasteiger partial charge in [-0.1, -0.05) is 48.0 Å². The minimum absolute atomic E-state index is 0.0133. The van der Waals surface area contributed by atoms with Crippen molar-refractivity contribution in [3.8, 4) is 11.8 Å². The van der Waals surface area contributed by atoms with Gasteiger partial charge in [0.25, 0.3) is 0 Å². The van der Waals surface area contributed by atoms with E-state index in [1.54, 1.807) is 29.2 Å². The maximum absolute atomic E-state index is 14.2. The Labute approximate surface area is 221 Å². The molecule has 1 atom stereocenters. The summed E-state index contributed by atoms with van der Waals surface area (Å²) in [4.78, 5) is 31.1. The topological polar surface area (TPSA) is 81.4 Å². The zero-order valence-electron chi connectivity index (χ0n) is 21.0. The third kappa shape index (κ3) is 4.31. The molecule has 0 spiro atoms. The molecule has 4 aromatic rings. The van der Waals surface area contributed by atoms with Gasteiger partial charge < -0.3 is 14.8 Å². The first-order chi connectivity index (χ1) is 18.5. The zero-order valence-corrected chi connectivity index (χ0v) is 21.0. The predicted molar refractivity (Wildman–Crippen MR) is 146 cm³/mol. The molecule has 1 aliphatic carbocycles. The predicted octanol–water partition coefficient (Wildman–Crippen LogP) is 5.79. The van der Waals surface area contributed by atoms with Crippen LogP contribution < -0.4 is 10.2 Å². The standard InChI is InChI=1S/C31H27N5O2/c1-21-7-4-9-23(17-21)30-28-13-6-16-34(28)26-11-2-3-12-27(26)36(30)29(37)20-35(25-14-15-25)31(38)33-24-10-5-8-22(18-24)19-32/h2-13,16-18,25,30H,14-15,20H2,1H3,(H,33,38)/t30-/m0/s1. The highest BCUT2D eigenvalue weighted by molar-refractivity contribution is 6.01. The van der Waals surface area contributed by atoms with Gasteiger partial charge in [-0.15, -0.1) is 0 Å². The number of nitriles is 1. The second kappa shape index (κ2) is 9.56. The zero-order chi connectivity index (χ0) is 26.2. The lowest BCUT2D eigenvalue weighted by Crippen LogP contribution is -2.48. The number of rotatable bonds is 5. The van der Waals surface area contributed by atoms with Crippen molar-refractivity contribution >= 4 is 23.3 Å². The van der Waals surface area contributed by atoms with Crippen LogP contribution >= 0.6 is 0 Å². The number of aromatic nitrogens is 1. The molecule has 0 radical (unpaired) electrons. The molecule has 1 N–H and O–H groups in total. The van der Waals surface area contributed by atoms with Gasteiger partial charge in [0, 0.05) is 17.9 Å². The van der Waals surface area contributed by atoms with Crippen LogP contribution in [0, 0.1) is 18.3 Å². The molecule has 3 amide bonds. The number of aryl methyl sites for hydroxylation is 1. The van der Waals surface area contributed by atoms with Crippen molar-refractivity contribution in [2.75, 3.05) is 16.8 Å². The Kier molecular flexibility index (Phi) is 5.93. The average Bonchev–Trinajstić information content (AvgIpc) is 3.65. The molecule has 0 bridgehead atoms. The third-order valence-corrected chi connectivity index (χ3v) is 7.14. The summed E-state index contributed by atoms with van der Waals surface area (Å²) in [6, 6.07) is 28.4. The highest BCUT2D eigenvalue weighted by Gasteiger charge is 2.40. The number of para-hydroxylation sites is 2. The van der Waals surface area contributed by atoms with Gasteiger partial charge in [-0.2, -0.15) is 5.26 Å². The number of hydrogen-bond acceptors (Lipinski definition) is 3. The van der Waals surface area contributed by atoms with Crippen molar-refractivity contribution in [3.63, 3.8) is 0 Å². The molecule has 7 heteroatoms. The molecule has 1 fully saturated rings. The highest BCUT2D eigenvalue weighted by atomic mass is 16.2. The fourth-order valence-electron chi connectivity index (χ4n) is 5.25. The molecule has 188 valence electrons. The minimum atomic E-state index is -0.336. The van der Waals surface area contributed by atoms with Crippen LogP contribution in [0.2, 0.25) is 0 Å². The molecule has 7 nitrogen and oxygen atoms in total. The molecular weight excluding hydrogens is 474 g/mol. The normalized spacial score (nSPS) is 15.7. The Balaban J connectivity index is 1.35. The van der Waals surface area contributed by atoms with Gasteiger partial charge in [0.15, 0.2) is 0 Å². The lowest BCUT2D eigenvalue weighted by Gasteiger charge is -2.39. The molecule has 6 rings (SSSR count). The molecule has 1 aromatic heterocycles. The van der Waals surface area contributed by atoms with Gasteiger partial charge in [0.05, 0.1) is 28.7 Å². The number of fused-ring (bicyclic) bond motifs is 3. The first kappa shape index (κ1) is 23.6. The van der Waals surface area contributed by atoms with Crippen molar-refractivity contribution in [1.29, 1.82) is 5.26 Å². The molecular formula is C31H27N5O2. The number of nitrogens with one attached hydrogen (secondary N) is 1.